The molecule has 0 amide bonds. The van der Waals surface area contributed by atoms with Gasteiger partial charge in [0.1, 0.15) is 5.75 Å². The molecule has 1 nitrogen and oxygen atoms in total. The van der Waals surface area contributed by atoms with Gasteiger partial charge in [-0.25, -0.2) is 0 Å². The Kier molecular flexibility index (Phi) is 2.71. The van der Waals surface area contributed by atoms with E-state index in [4.69, 9.17) is 4.74 Å². The topological polar surface area (TPSA) is 9.23 Å². The molecule has 0 bridgehead atoms. The van der Waals surface area contributed by atoms with Crippen LogP contribution in [0.5, 0.6) is 5.75 Å². The predicted octanol–water partition coefficient (Wildman–Crippen LogP) is 3.06. The summed E-state index contributed by atoms with van der Waals surface area (Å²) in [6, 6.07) is 7.74. The summed E-state index contributed by atoms with van der Waals surface area (Å²) < 4.78 is 5.96. The quantitative estimate of drug-likeness (QED) is 0.733. The fourth-order valence-corrected chi connectivity index (χ4v) is 1.20. The molecule has 0 spiro atoms. The summed E-state index contributed by atoms with van der Waals surface area (Å²) in [5.41, 5.74) is 0.995. The average Bonchev–Trinajstić information content (AvgIpc) is 2.04. The predicted molar refractivity (Wildman–Crippen MR) is 51.0 cm³/mol. The summed E-state index contributed by atoms with van der Waals surface area (Å²) in [5, 5.41) is 0. The van der Waals surface area contributed by atoms with Gasteiger partial charge >= 0.3 is 0 Å². The van der Waals surface area contributed by atoms with E-state index in [0.717, 1.165) is 15.8 Å². The van der Waals surface area contributed by atoms with Crippen molar-refractivity contribution in [3.05, 3.63) is 36.4 Å². The van der Waals surface area contributed by atoms with Gasteiger partial charge in [-0.2, -0.15) is 0 Å². The number of halogens is 1. The van der Waals surface area contributed by atoms with Gasteiger partial charge in [0.15, 0.2) is 0 Å². The minimum absolute atomic E-state index is 0.842. The van der Waals surface area contributed by atoms with Gasteiger partial charge in [-0.3, -0.25) is 0 Å². The molecule has 1 rings (SSSR count). The Hall–Kier alpha value is -0.760. The molecule has 0 aromatic heterocycles. The molecule has 0 N–H and O–H groups in total. The number of rotatable bonds is 2. The number of hydrogen-bond donors (Lipinski definition) is 0. The first kappa shape index (κ1) is 8.34. The lowest BCUT2D eigenvalue weighted by Crippen LogP contribution is -1.86. The minimum atomic E-state index is 0.842. The van der Waals surface area contributed by atoms with Crippen molar-refractivity contribution in [2.75, 3.05) is 7.11 Å². The molecule has 0 aliphatic rings. The number of para-hydroxylation sites is 1. The molecule has 0 aliphatic carbocycles. The number of ether oxygens (including phenoxy) is 1. The molecule has 0 atom stereocenters. The molecule has 11 heavy (non-hydrogen) atoms. The maximum absolute atomic E-state index is 5.12. The fourth-order valence-electron chi connectivity index (χ4n) is 0.869. The van der Waals surface area contributed by atoms with Crippen LogP contribution in [0, 0.1) is 0 Å². The maximum Gasteiger partial charge on any atom is 0.127 e. The van der Waals surface area contributed by atoms with E-state index in [2.05, 4.69) is 22.5 Å². The van der Waals surface area contributed by atoms with Crippen molar-refractivity contribution in [3.63, 3.8) is 0 Å². The van der Waals surface area contributed by atoms with Crippen LogP contribution < -0.4 is 4.74 Å². The molecule has 0 heterocycles. The summed E-state index contributed by atoms with van der Waals surface area (Å²) >= 11 is 3.30. The van der Waals surface area contributed by atoms with Crippen LogP contribution in [0.4, 0.5) is 0 Å². The fraction of sp³-hybridized carbons (Fsp3) is 0.111. The highest BCUT2D eigenvalue weighted by Gasteiger charge is 2.00. The van der Waals surface area contributed by atoms with Gasteiger partial charge in [0.05, 0.1) is 7.11 Å². The minimum Gasteiger partial charge on any atom is -0.496 e. The number of benzene rings is 1. The molecule has 2 heteroatoms. The smallest absolute Gasteiger partial charge is 0.127 e. The molecular formula is C9H9BrO. The molecule has 0 aliphatic heterocycles. The van der Waals surface area contributed by atoms with Crippen LogP contribution in [0.3, 0.4) is 0 Å². The van der Waals surface area contributed by atoms with Gasteiger partial charge in [0.2, 0.25) is 0 Å². The zero-order valence-corrected chi connectivity index (χ0v) is 7.89. The third-order valence-corrected chi connectivity index (χ3v) is 1.83. The first-order valence-electron chi connectivity index (χ1n) is 3.23. The number of methoxy groups -OCH3 is 1. The summed E-state index contributed by atoms with van der Waals surface area (Å²) in [7, 11) is 1.65. The average molecular weight is 213 g/mol. The van der Waals surface area contributed by atoms with Crippen LogP contribution in [-0.4, -0.2) is 7.11 Å². The Morgan fingerprint density at radius 3 is 2.55 bits per heavy atom. The number of hydrogen-bond acceptors (Lipinski definition) is 1. The van der Waals surface area contributed by atoms with Gasteiger partial charge < -0.3 is 4.74 Å². The first-order valence-corrected chi connectivity index (χ1v) is 4.03. The Morgan fingerprint density at radius 2 is 2.09 bits per heavy atom. The van der Waals surface area contributed by atoms with E-state index in [-0.39, 0.29) is 0 Å². The van der Waals surface area contributed by atoms with E-state index in [1.165, 1.54) is 0 Å². The lowest BCUT2D eigenvalue weighted by atomic mass is 10.2. The molecule has 0 radical (unpaired) electrons. The lowest BCUT2D eigenvalue weighted by molar-refractivity contribution is 0.414. The molecule has 0 unspecified atom stereocenters. The van der Waals surface area contributed by atoms with Gasteiger partial charge in [-0.1, -0.05) is 40.7 Å². The Bertz CT molecular complexity index is 268. The summed E-state index contributed by atoms with van der Waals surface area (Å²) in [5.74, 6) is 0.842. The molecule has 1 aromatic carbocycles. The summed E-state index contributed by atoms with van der Waals surface area (Å²) in [4.78, 5) is 0. The van der Waals surface area contributed by atoms with Crippen LogP contribution in [-0.2, 0) is 0 Å². The summed E-state index contributed by atoms with van der Waals surface area (Å²) in [6.45, 7) is 3.77. The van der Waals surface area contributed by atoms with Crippen molar-refractivity contribution in [2.45, 2.75) is 0 Å². The van der Waals surface area contributed by atoms with Gasteiger partial charge in [-0.15, -0.1) is 0 Å². The Morgan fingerprint density at radius 1 is 1.45 bits per heavy atom. The van der Waals surface area contributed by atoms with Gasteiger partial charge in [-0.05, 0) is 6.07 Å². The second kappa shape index (κ2) is 3.58. The van der Waals surface area contributed by atoms with E-state index in [9.17, 15) is 0 Å². The molecular weight excluding hydrogens is 204 g/mol. The van der Waals surface area contributed by atoms with E-state index in [0.29, 0.717) is 0 Å². The van der Waals surface area contributed by atoms with E-state index in [1.54, 1.807) is 7.11 Å². The Labute approximate surface area is 74.8 Å². The molecule has 58 valence electrons. The highest BCUT2D eigenvalue weighted by molar-refractivity contribution is 9.15. The third kappa shape index (κ3) is 1.84. The van der Waals surface area contributed by atoms with E-state index in [1.807, 2.05) is 24.3 Å². The lowest BCUT2D eigenvalue weighted by Gasteiger charge is -2.04. The molecule has 0 saturated heterocycles. The van der Waals surface area contributed by atoms with E-state index < -0.39 is 0 Å². The van der Waals surface area contributed by atoms with Crippen LogP contribution in [0.2, 0.25) is 0 Å². The highest BCUT2D eigenvalue weighted by atomic mass is 79.9. The SMILES string of the molecule is C=C(Br)c1ccccc1OC. The maximum atomic E-state index is 5.12. The summed E-state index contributed by atoms with van der Waals surface area (Å²) in [6.07, 6.45) is 0. The van der Waals surface area contributed by atoms with Crippen molar-refractivity contribution in [3.8, 4) is 5.75 Å². The van der Waals surface area contributed by atoms with Crippen LogP contribution in [0.1, 0.15) is 5.56 Å². The zero-order valence-electron chi connectivity index (χ0n) is 6.30. The molecule has 0 fully saturated rings. The van der Waals surface area contributed by atoms with Crippen molar-refractivity contribution < 1.29 is 4.74 Å². The Balaban J connectivity index is 3.12. The second-order valence-corrected chi connectivity index (χ2v) is 3.06. The van der Waals surface area contributed by atoms with Crippen molar-refractivity contribution in [2.24, 2.45) is 0 Å². The van der Waals surface area contributed by atoms with Gasteiger partial charge in [0, 0.05) is 10.0 Å². The normalized spacial score (nSPS) is 9.27. The highest BCUT2D eigenvalue weighted by Crippen LogP contribution is 2.27. The van der Waals surface area contributed by atoms with Crippen molar-refractivity contribution in [1.29, 1.82) is 0 Å². The first-order chi connectivity index (χ1) is 5.25. The molecule has 1 aromatic rings. The third-order valence-electron chi connectivity index (χ3n) is 1.40. The monoisotopic (exact) mass is 212 g/mol. The zero-order chi connectivity index (χ0) is 8.27. The van der Waals surface area contributed by atoms with Crippen LogP contribution in [0.25, 0.3) is 4.48 Å². The molecule has 0 saturated carbocycles. The van der Waals surface area contributed by atoms with Gasteiger partial charge in [0.25, 0.3) is 0 Å². The largest absolute Gasteiger partial charge is 0.496 e. The second-order valence-electron chi connectivity index (χ2n) is 2.11. The van der Waals surface area contributed by atoms with Crippen LogP contribution >= 0.6 is 15.9 Å². The van der Waals surface area contributed by atoms with E-state index >= 15 is 0 Å². The van der Waals surface area contributed by atoms with Crippen LogP contribution in [0.15, 0.2) is 30.8 Å². The van der Waals surface area contributed by atoms with Crippen molar-refractivity contribution in [1.82, 2.24) is 0 Å². The standard InChI is InChI=1S/C9H9BrO/c1-7(10)8-5-3-4-6-9(8)11-2/h3-6H,1H2,2H3. The van der Waals surface area contributed by atoms with Crippen molar-refractivity contribution >= 4 is 20.4 Å².